The standard InChI is InChI=1S/C34H42N4O8S/c1-44-27-14-16-28(17-15-27)47(42,43)38(19-21-39)20-22-45-33-24-26(25-9-3-2-4-10-25)23-31(46-33)34(41)36-18-8-7-13-32(40)37-30-12-6-5-11-29(30)35/h2-6,9-12,14-17,23,26,33,39H,7-8,13,18-22,24,35H2,1H3,(H,36,41)(H,37,40)/t26-,33+/m0/s1. The fourth-order valence-corrected chi connectivity index (χ4v) is 6.44. The molecule has 47 heavy (non-hydrogen) atoms. The number of aliphatic hydroxyl groups is 1. The molecule has 1 heterocycles. The molecule has 4 rings (SSSR count). The first-order valence-corrected chi connectivity index (χ1v) is 16.9. The highest BCUT2D eigenvalue weighted by molar-refractivity contribution is 7.89. The van der Waals surface area contributed by atoms with Crippen LogP contribution in [-0.4, -0.2) is 75.9 Å². The second-order valence-electron chi connectivity index (χ2n) is 10.9. The molecular weight excluding hydrogens is 624 g/mol. The van der Waals surface area contributed by atoms with E-state index in [4.69, 9.17) is 19.9 Å². The number of allylic oxidation sites excluding steroid dienone is 1. The Labute approximate surface area is 275 Å². The van der Waals surface area contributed by atoms with Crippen molar-refractivity contribution in [3.8, 4) is 5.75 Å². The Hall–Kier alpha value is -4.43. The van der Waals surface area contributed by atoms with Crippen LogP contribution in [0.3, 0.4) is 0 Å². The van der Waals surface area contributed by atoms with Crippen molar-refractivity contribution in [1.29, 1.82) is 0 Å². The molecule has 12 nitrogen and oxygen atoms in total. The quantitative estimate of drug-likeness (QED) is 0.124. The molecule has 0 unspecified atom stereocenters. The first kappa shape index (κ1) is 35.4. The first-order valence-electron chi connectivity index (χ1n) is 15.4. The molecule has 0 fully saturated rings. The van der Waals surface area contributed by atoms with Gasteiger partial charge in [0.2, 0.25) is 22.2 Å². The van der Waals surface area contributed by atoms with E-state index in [1.165, 1.54) is 19.2 Å². The van der Waals surface area contributed by atoms with Crippen molar-refractivity contribution in [3.05, 3.63) is 96.3 Å². The molecular formula is C34H42N4O8S. The van der Waals surface area contributed by atoms with Gasteiger partial charge in [0, 0.05) is 38.4 Å². The Morgan fingerprint density at radius 3 is 2.43 bits per heavy atom. The Morgan fingerprint density at radius 2 is 1.72 bits per heavy atom. The number of nitrogens with two attached hydrogens (primary N) is 1. The van der Waals surface area contributed by atoms with E-state index in [1.54, 1.807) is 42.5 Å². The average molecular weight is 667 g/mol. The predicted molar refractivity (Wildman–Crippen MR) is 178 cm³/mol. The van der Waals surface area contributed by atoms with Gasteiger partial charge < -0.3 is 35.7 Å². The van der Waals surface area contributed by atoms with Crippen LogP contribution in [0.25, 0.3) is 0 Å². The number of nitrogens with zero attached hydrogens (tertiary/aromatic N) is 1. The van der Waals surface area contributed by atoms with Crippen molar-refractivity contribution in [3.63, 3.8) is 0 Å². The van der Waals surface area contributed by atoms with E-state index in [-0.39, 0.29) is 55.2 Å². The van der Waals surface area contributed by atoms with E-state index < -0.39 is 22.2 Å². The number of para-hydroxylation sites is 2. The van der Waals surface area contributed by atoms with Crippen molar-refractivity contribution < 1.29 is 37.3 Å². The molecule has 3 aromatic rings. The lowest BCUT2D eigenvalue weighted by atomic mass is 9.93. The molecule has 2 atom stereocenters. The van der Waals surface area contributed by atoms with Crippen molar-refractivity contribution >= 4 is 33.2 Å². The summed E-state index contributed by atoms with van der Waals surface area (Å²) in [5.74, 6) is -0.127. The minimum atomic E-state index is -3.92. The number of rotatable bonds is 17. The Kier molecular flexibility index (Phi) is 13.2. The number of hydrogen-bond acceptors (Lipinski definition) is 9. The number of anilines is 2. The number of aliphatic hydroxyl groups excluding tert-OH is 1. The monoisotopic (exact) mass is 666 g/mol. The highest BCUT2D eigenvalue weighted by Crippen LogP contribution is 2.31. The van der Waals surface area contributed by atoms with Gasteiger partial charge in [-0.05, 0) is 60.9 Å². The number of benzene rings is 3. The third kappa shape index (κ3) is 10.3. The molecule has 0 radical (unpaired) electrons. The van der Waals surface area contributed by atoms with Crippen LogP contribution >= 0.6 is 0 Å². The van der Waals surface area contributed by atoms with Gasteiger partial charge in [0.15, 0.2) is 5.76 Å². The smallest absolute Gasteiger partial charge is 0.286 e. The van der Waals surface area contributed by atoms with Gasteiger partial charge in [-0.3, -0.25) is 9.59 Å². The van der Waals surface area contributed by atoms with Gasteiger partial charge in [-0.1, -0.05) is 42.5 Å². The maximum absolute atomic E-state index is 13.3. The minimum absolute atomic E-state index is 0.0346. The van der Waals surface area contributed by atoms with Crippen LogP contribution in [0.2, 0.25) is 0 Å². The third-order valence-corrected chi connectivity index (χ3v) is 9.46. The molecule has 0 aliphatic carbocycles. The highest BCUT2D eigenvalue weighted by Gasteiger charge is 2.30. The third-order valence-electron chi connectivity index (χ3n) is 7.55. The van der Waals surface area contributed by atoms with Gasteiger partial charge in [0.05, 0.1) is 36.6 Å². The van der Waals surface area contributed by atoms with Gasteiger partial charge in [0.1, 0.15) is 5.75 Å². The molecule has 5 N–H and O–H groups in total. The Balaban J connectivity index is 1.31. The number of unbranched alkanes of at least 4 members (excludes halogenated alkanes) is 1. The zero-order valence-electron chi connectivity index (χ0n) is 26.3. The lowest BCUT2D eigenvalue weighted by molar-refractivity contribution is -0.146. The van der Waals surface area contributed by atoms with E-state index >= 15 is 0 Å². The zero-order valence-corrected chi connectivity index (χ0v) is 27.2. The number of hydrogen-bond donors (Lipinski definition) is 4. The van der Waals surface area contributed by atoms with Gasteiger partial charge >= 0.3 is 0 Å². The molecule has 1 aliphatic rings. The average Bonchev–Trinajstić information content (AvgIpc) is 3.09. The summed E-state index contributed by atoms with van der Waals surface area (Å²) in [5.41, 5.74) is 7.91. The molecule has 0 aromatic heterocycles. The van der Waals surface area contributed by atoms with Crippen molar-refractivity contribution in [2.24, 2.45) is 0 Å². The first-order chi connectivity index (χ1) is 22.7. The summed E-state index contributed by atoms with van der Waals surface area (Å²) in [6.45, 7) is -0.231. The van der Waals surface area contributed by atoms with Gasteiger partial charge in [-0.25, -0.2) is 8.42 Å². The second kappa shape index (κ2) is 17.5. The summed E-state index contributed by atoms with van der Waals surface area (Å²) in [6, 6.07) is 22.7. The van der Waals surface area contributed by atoms with Crippen molar-refractivity contribution in [1.82, 2.24) is 9.62 Å². The number of carbonyl (C=O) groups is 2. The maximum atomic E-state index is 13.3. The summed E-state index contributed by atoms with van der Waals surface area (Å²) in [6.07, 6.45) is 2.75. The summed E-state index contributed by atoms with van der Waals surface area (Å²) in [4.78, 5) is 25.5. The largest absolute Gasteiger partial charge is 0.497 e. The van der Waals surface area contributed by atoms with Crippen LogP contribution in [0, 0.1) is 0 Å². The summed E-state index contributed by atoms with van der Waals surface area (Å²) >= 11 is 0. The minimum Gasteiger partial charge on any atom is -0.497 e. The van der Waals surface area contributed by atoms with E-state index in [2.05, 4.69) is 10.6 Å². The van der Waals surface area contributed by atoms with Crippen LogP contribution in [0.5, 0.6) is 5.75 Å². The van der Waals surface area contributed by atoms with Gasteiger partial charge in [-0.2, -0.15) is 4.31 Å². The molecule has 2 amide bonds. The molecule has 0 bridgehead atoms. The SMILES string of the molecule is COc1ccc(S(=O)(=O)N(CCO)CCO[C@H]2C[C@@H](c3ccccc3)C=C(C(=O)NCCCCC(=O)Nc3ccccc3N)O2)cc1. The summed E-state index contributed by atoms with van der Waals surface area (Å²) in [5, 5.41) is 15.2. The van der Waals surface area contributed by atoms with E-state index in [0.717, 1.165) is 9.87 Å². The predicted octanol–water partition coefficient (Wildman–Crippen LogP) is 3.62. The summed E-state index contributed by atoms with van der Waals surface area (Å²) < 4.78 is 44.7. The summed E-state index contributed by atoms with van der Waals surface area (Å²) in [7, 11) is -2.42. The molecule has 13 heteroatoms. The van der Waals surface area contributed by atoms with Crippen LogP contribution in [-0.2, 0) is 29.1 Å². The van der Waals surface area contributed by atoms with Gasteiger partial charge in [-0.15, -0.1) is 0 Å². The fourth-order valence-electron chi connectivity index (χ4n) is 5.02. The lowest BCUT2D eigenvalue weighted by Gasteiger charge is -2.30. The molecule has 3 aromatic carbocycles. The number of methoxy groups -OCH3 is 1. The molecule has 0 saturated heterocycles. The van der Waals surface area contributed by atoms with Crippen LogP contribution < -0.4 is 21.1 Å². The van der Waals surface area contributed by atoms with Crippen molar-refractivity contribution in [2.75, 3.05) is 51.0 Å². The topological polar surface area (TPSA) is 170 Å². The number of ether oxygens (including phenoxy) is 3. The number of nitrogen functional groups attached to an aromatic ring is 1. The normalized spacial score (nSPS) is 16.2. The van der Waals surface area contributed by atoms with Crippen LogP contribution in [0.4, 0.5) is 11.4 Å². The second-order valence-corrected chi connectivity index (χ2v) is 12.8. The Bertz CT molecular complexity index is 1600. The van der Waals surface area contributed by atoms with E-state index in [1.807, 2.05) is 30.3 Å². The molecule has 0 saturated carbocycles. The lowest BCUT2D eigenvalue weighted by Crippen LogP contribution is -2.38. The van der Waals surface area contributed by atoms with Gasteiger partial charge in [0.25, 0.3) is 5.91 Å². The van der Waals surface area contributed by atoms with Crippen molar-refractivity contribution in [2.45, 2.75) is 42.8 Å². The number of amides is 2. The molecule has 1 aliphatic heterocycles. The van der Waals surface area contributed by atoms with E-state index in [9.17, 15) is 23.1 Å². The number of sulfonamides is 1. The van der Waals surface area contributed by atoms with Crippen LogP contribution in [0.15, 0.2) is 95.6 Å². The zero-order chi connectivity index (χ0) is 33.6. The fraction of sp³-hybridized carbons (Fsp3) is 0.353. The maximum Gasteiger partial charge on any atom is 0.286 e. The Morgan fingerprint density at radius 1 is 1.00 bits per heavy atom. The van der Waals surface area contributed by atoms with E-state index in [0.29, 0.717) is 42.9 Å². The molecule has 252 valence electrons. The highest BCUT2D eigenvalue weighted by atomic mass is 32.2. The van der Waals surface area contributed by atoms with Crippen LogP contribution in [0.1, 0.15) is 37.2 Å². The number of nitrogens with one attached hydrogen (secondary N) is 2. The number of carbonyl (C=O) groups excluding carboxylic acids is 2. The molecule has 0 spiro atoms.